The zero-order valence-corrected chi connectivity index (χ0v) is 12.6. The van der Waals surface area contributed by atoms with Gasteiger partial charge in [0.15, 0.2) is 0 Å². The van der Waals surface area contributed by atoms with Gasteiger partial charge in [0.25, 0.3) is 0 Å². The Balaban J connectivity index is 1.49. The smallest absolute Gasteiger partial charge is 0.134 e. The summed E-state index contributed by atoms with van der Waals surface area (Å²) in [5.41, 5.74) is 1.94. The largest absolute Gasteiger partial charge is 0.460 e. The fourth-order valence-corrected chi connectivity index (χ4v) is 2.34. The molecule has 0 aliphatic heterocycles. The normalized spacial score (nSPS) is 10.9. The molecule has 0 radical (unpaired) electrons. The van der Waals surface area contributed by atoms with Gasteiger partial charge in [-0.2, -0.15) is 0 Å². The Labute approximate surface area is 133 Å². The van der Waals surface area contributed by atoms with E-state index in [0.29, 0.717) is 6.54 Å². The maximum Gasteiger partial charge on any atom is 0.134 e. The van der Waals surface area contributed by atoms with Crippen LogP contribution in [0.1, 0.15) is 11.3 Å². The Kier molecular flexibility index (Phi) is 4.83. The fourth-order valence-electron chi connectivity index (χ4n) is 2.34. The summed E-state index contributed by atoms with van der Waals surface area (Å²) >= 11 is 0. The second-order valence-electron chi connectivity index (χ2n) is 5.33. The van der Waals surface area contributed by atoms with Crippen LogP contribution in [-0.2, 0) is 13.0 Å². The lowest BCUT2D eigenvalue weighted by Crippen LogP contribution is -2.16. The molecule has 0 saturated heterocycles. The monoisotopic (exact) mass is 313 g/mol. The first kappa shape index (κ1) is 15.4. The van der Waals surface area contributed by atoms with Crippen molar-refractivity contribution in [2.75, 3.05) is 6.54 Å². The van der Waals surface area contributed by atoms with Crippen LogP contribution in [0.15, 0.2) is 65.1 Å². The van der Waals surface area contributed by atoms with E-state index >= 15 is 0 Å². The van der Waals surface area contributed by atoms with Crippen molar-refractivity contribution < 1.29 is 13.2 Å². The lowest BCUT2D eigenvalue weighted by Gasteiger charge is -2.03. The van der Waals surface area contributed by atoms with Crippen molar-refractivity contribution >= 4 is 0 Å². The molecule has 0 unspecified atom stereocenters. The third kappa shape index (κ3) is 4.27. The third-order valence-corrected chi connectivity index (χ3v) is 3.59. The average Bonchev–Trinajstić information content (AvgIpc) is 3.03. The van der Waals surface area contributed by atoms with Crippen molar-refractivity contribution in [3.05, 3.63) is 83.6 Å². The van der Waals surface area contributed by atoms with Crippen LogP contribution in [0.3, 0.4) is 0 Å². The maximum absolute atomic E-state index is 12.9. The number of rotatable bonds is 6. The Bertz CT molecular complexity index is 748. The van der Waals surface area contributed by atoms with Crippen molar-refractivity contribution in [1.29, 1.82) is 0 Å². The number of nitrogens with one attached hydrogen (secondary N) is 1. The van der Waals surface area contributed by atoms with E-state index in [4.69, 9.17) is 4.42 Å². The van der Waals surface area contributed by atoms with Gasteiger partial charge in [-0.05, 0) is 67.1 Å². The van der Waals surface area contributed by atoms with E-state index in [-0.39, 0.29) is 11.6 Å². The molecule has 0 bridgehead atoms. The summed E-state index contributed by atoms with van der Waals surface area (Å²) in [7, 11) is 0. The van der Waals surface area contributed by atoms with Crippen LogP contribution in [0.2, 0.25) is 0 Å². The molecule has 4 heteroatoms. The molecule has 0 saturated carbocycles. The lowest BCUT2D eigenvalue weighted by molar-refractivity contribution is 0.494. The molecular formula is C19H17F2NO. The Morgan fingerprint density at radius 2 is 1.43 bits per heavy atom. The Morgan fingerprint density at radius 1 is 0.783 bits per heavy atom. The van der Waals surface area contributed by atoms with Gasteiger partial charge in [-0.3, -0.25) is 0 Å². The molecule has 118 valence electrons. The molecule has 0 amide bonds. The van der Waals surface area contributed by atoms with Crippen LogP contribution < -0.4 is 5.32 Å². The fraction of sp³-hybridized carbons (Fsp3) is 0.158. The van der Waals surface area contributed by atoms with Crippen LogP contribution in [0.5, 0.6) is 0 Å². The zero-order chi connectivity index (χ0) is 16.1. The van der Waals surface area contributed by atoms with Gasteiger partial charge in [-0.15, -0.1) is 0 Å². The number of hydrogen-bond acceptors (Lipinski definition) is 2. The van der Waals surface area contributed by atoms with Crippen LogP contribution in [0.4, 0.5) is 8.78 Å². The summed E-state index contributed by atoms with van der Waals surface area (Å²) in [5.74, 6) is 1.07. The average molecular weight is 313 g/mol. The maximum atomic E-state index is 12.9. The molecule has 1 N–H and O–H groups in total. The van der Waals surface area contributed by atoms with Crippen LogP contribution in [0, 0.1) is 11.6 Å². The van der Waals surface area contributed by atoms with Crippen molar-refractivity contribution in [3.8, 4) is 11.3 Å². The summed E-state index contributed by atoms with van der Waals surface area (Å²) in [5, 5.41) is 3.29. The molecule has 3 aromatic rings. The van der Waals surface area contributed by atoms with Gasteiger partial charge in [0, 0.05) is 5.56 Å². The molecule has 3 rings (SSSR count). The van der Waals surface area contributed by atoms with Crippen molar-refractivity contribution in [3.63, 3.8) is 0 Å². The predicted molar refractivity (Wildman–Crippen MR) is 85.9 cm³/mol. The van der Waals surface area contributed by atoms with E-state index in [9.17, 15) is 8.78 Å². The predicted octanol–water partition coefficient (Wildman–Crippen LogP) is 4.56. The van der Waals surface area contributed by atoms with Crippen LogP contribution in [0.25, 0.3) is 11.3 Å². The van der Waals surface area contributed by atoms with Crippen molar-refractivity contribution in [2.24, 2.45) is 0 Å². The highest BCUT2D eigenvalue weighted by atomic mass is 19.1. The summed E-state index contributed by atoms with van der Waals surface area (Å²) in [6.07, 6.45) is 0.825. The van der Waals surface area contributed by atoms with E-state index in [1.165, 1.54) is 24.3 Å². The second kappa shape index (κ2) is 7.20. The van der Waals surface area contributed by atoms with Gasteiger partial charge < -0.3 is 9.73 Å². The van der Waals surface area contributed by atoms with Gasteiger partial charge in [0.1, 0.15) is 23.2 Å². The van der Waals surface area contributed by atoms with Crippen LogP contribution in [-0.4, -0.2) is 6.54 Å². The molecular weight excluding hydrogens is 296 g/mol. The Morgan fingerprint density at radius 3 is 2.13 bits per heavy atom. The van der Waals surface area contributed by atoms with Gasteiger partial charge in [0.05, 0.1) is 6.54 Å². The van der Waals surface area contributed by atoms with E-state index < -0.39 is 0 Å². The van der Waals surface area contributed by atoms with Gasteiger partial charge in [0.2, 0.25) is 0 Å². The van der Waals surface area contributed by atoms with Crippen molar-refractivity contribution in [1.82, 2.24) is 5.32 Å². The first-order valence-corrected chi connectivity index (χ1v) is 7.50. The standard InChI is InChI=1S/C19H17F2NO/c20-16-5-1-14(2-6-16)11-12-22-13-18-9-10-19(23-18)15-3-7-17(21)8-4-15/h1-10,22H,11-13H2. The second-order valence-corrected chi connectivity index (χ2v) is 5.33. The molecule has 1 aromatic heterocycles. The first-order chi connectivity index (χ1) is 11.2. The Hall–Kier alpha value is -2.46. The lowest BCUT2D eigenvalue weighted by atomic mass is 10.1. The SMILES string of the molecule is Fc1ccc(CCNCc2ccc(-c3ccc(F)cc3)o2)cc1. The third-order valence-electron chi connectivity index (χ3n) is 3.59. The van der Waals surface area contributed by atoms with Crippen molar-refractivity contribution in [2.45, 2.75) is 13.0 Å². The minimum atomic E-state index is -0.261. The molecule has 0 aliphatic rings. The topological polar surface area (TPSA) is 25.2 Å². The number of furan rings is 1. The summed E-state index contributed by atoms with van der Waals surface area (Å²) in [6, 6.07) is 16.5. The quantitative estimate of drug-likeness (QED) is 0.675. The van der Waals surface area contributed by atoms with Crippen LogP contribution >= 0.6 is 0 Å². The number of hydrogen-bond donors (Lipinski definition) is 1. The zero-order valence-electron chi connectivity index (χ0n) is 12.6. The van der Waals surface area contributed by atoms with Gasteiger partial charge in [-0.1, -0.05) is 12.1 Å². The number of halogens is 2. The van der Waals surface area contributed by atoms with Gasteiger partial charge >= 0.3 is 0 Å². The van der Waals surface area contributed by atoms with E-state index in [2.05, 4.69) is 5.32 Å². The highest BCUT2D eigenvalue weighted by Crippen LogP contribution is 2.22. The molecule has 0 aliphatic carbocycles. The summed E-state index contributed by atoms with van der Waals surface area (Å²) in [4.78, 5) is 0. The minimum Gasteiger partial charge on any atom is -0.460 e. The molecule has 23 heavy (non-hydrogen) atoms. The van der Waals surface area contributed by atoms with E-state index in [1.807, 2.05) is 12.1 Å². The minimum absolute atomic E-state index is 0.217. The summed E-state index contributed by atoms with van der Waals surface area (Å²) < 4.78 is 31.5. The molecule has 2 aromatic carbocycles. The molecule has 0 spiro atoms. The molecule has 2 nitrogen and oxygen atoms in total. The molecule has 0 atom stereocenters. The number of benzene rings is 2. The molecule has 1 heterocycles. The molecule has 0 fully saturated rings. The highest BCUT2D eigenvalue weighted by Gasteiger charge is 2.05. The van der Waals surface area contributed by atoms with Gasteiger partial charge in [-0.25, -0.2) is 8.78 Å². The summed E-state index contributed by atoms with van der Waals surface area (Å²) in [6.45, 7) is 1.39. The highest BCUT2D eigenvalue weighted by molar-refractivity contribution is 5.57. The van der Waals surface area contributed by atoms with E-state index in [1.54, 1.807) is 24.3 Å². The first-order valence-electron chi connectivity index (χ1n) is 7.50. The van der Waals surface area contributed by atoms with E-state index in [0.717, 1.165) is 35.6 Å².